The van der Waals surface area contributed by atoms with Crippen molar-refractivity contribution in [3.05, 3.63) is 72.6 Å². The van der Waals surface area contributed by atoms with Crippen LogP contribution in [0.15, 0.2) is 61.4 Å². The van der Waals surface area contributed by atoms with Gasteiger partial charge in [-0.1, -0.05) is 44.2 Å². The first-order valence-corrected chi connectivity index (χ1v) is 13.7. The lowest BCUT2D eigenvalue weighted by molar-refractivity contribution is 0.0161. The Hall–Kier alpha value is -4.16. The van der Waals surface area contributed by atoms with Crippen LogP contribution in [0.3, 0.4) is 0 Å². The maximum absolute atomic E-state index is 5.77. The van der Waals surface area contributed by atoms with Crippen LogP contribution in [0.5, 0.6) is 0 Å². The van der Waals surface area contributed by atoms with Crippen molar-refractivity contribution in [3.8, 4) is 0 Å². The van der Waals surface area contributed by atoms with Gasteiger partial charge in [0.15, 0.2) is 0 Å². The summed E-state index contributed by atoms with van der Waals surface area (Å²) in [5.41, 5.74) is 2.99. The van der Waals surface area contributed by atoms with E-state index in [2.05, 4.69) is 78.6 Å². The molecule has 208 valence electrons. The van der Waals surface area contributed by atoms with Crippen molar-refractivity contribution in [2.75, 3.05) is 61.0 Å². The summed E-state index contributed by atoms with van der Waals surface area (Å²) in [6.45, 7) is 10.6. The Balaban J connectivity index is 1.04. The van der Waals surface area contributed by atoms with Crippen molar-refractivity contribution in [2.45, 2.75) is 31.9 Å². The molecule has 2 saturated heterocycles. The van der Waals surface area contributed by atoms with Gasteiger partial charge >= 0.3 is 0 Å². The van der Waals surface area contributed by atoms with Gasteiger partial charge in [0.2, 0.25) is 17.8 Å². The van der Waals surface area contributed by atoms with E-state index in [0.29, 0.717) is 18.4 Å². The summed E-state index contributed by atoms with van der Waals surface area (Å²) in [5.74, 6) is 1.88. The molecule has 12 nitrogen and oxygen atoms in total. The predicted octanol–water partition coefficient (Wildman–Crippen LogP) is 2.24. The Labute approximate surface area is 233 Å². The lowest BCUT2D eigenvalue weighted by atomic mass is 9.79. The third-order valence-corrected chi connectivity index (χ3v) is 7.54. The molecular formula is C28H35N11O. The molecule has 5 heterocycles. The molecule has 1 atom stereocenters. The van der Waals surface area contributed by atoms with E-state index in [9.17, 15) is 0 Å². The van der Waals surface area contributed by atoms with E-state index in [1.807, 2.05) is 29.3 Å². The summed E-state index contributed by atoms with van der Waals surface area (Å²) < 4.78 is 7.64. The molecule has 0 bridgehead atoms. The molecule has 2 aliphatic heterocycles. The first kappa shape index (κ1) is 26.1. The zero-order valence-corrected chi connectivity index (χ0v) is 22.9. The van der Waals surface area contributed by atoms with Crippen LogP contribution in [0.1, 0.15) is 25.0 Å². The Bertz CT molecular complexity index is 1380. The summed E-state index contributed by atoms with van der Waals surface area (Å²) in [6.07, 6.45) is 9.27. The summed E-state index contributed by atoms with van der Waals surface area (Å²) in [6, 6.07) is 10.5. The first-order chi connectivity index (χ1) is 19.5. The highest BCUT2D eigenvalue weighted by atomic mass is 16.5. The van der Waals surface area contributed by atoms with E-state index < -0.39 is 0 Å². The van der Waals surface area contributed by atoms with Crippen molar-refractivity contribution >= 4 is 23.5 Å². The van der Waals surface area contributed by atoms with E-state index in [-0.39, 0.29) is 11.5 Å². The fraction of sp³-hybridized carbons (Fsp3) is 0.429. The van der Waals surface area contributed by atoms with Gasteiger partial charge in [0.05, 0.1) is 31.1 Å². The van der Waals surface area contributed by atoms with Crippen LogP contribution >= 0.6 is 0 Å². The lowest BCUT2D eigenvalue weighted by Crippen LogP contribution is -2.47. The van der Waals surface area contributed by atoms with Gasteiger partial charge in [0.1, 0.15) is 6.33 Å². The molecule has 12 heteroatoms. The number of nitrogens with one attached hydrogen (secondary N) is 2. The maximum atomic E-state index is 5.77. The number of hydrogen-bond donors (Lipinski definition) is 2. The fourth-order valence-corrected chi connectivity index (χ4v) is 5.04. The number of hydrogen-bond acceptors (Lipinski definition) is 11. The zero-order valence-electron chi connectivity index (χ0n) is 22.9. The number of morpholine rings is 1. The molecule has 4 aromatic rings. The molecule has 3 aromatic heterocycles. The minimum atomic E-state index is -0.164. The van der Waals surface area contributed by atoms with Crippen molar-refractivity contribution < 1.29 is 4.74 Å². The molecule has 0 radical (unpaired) electrons. The first-order valence-electron chi connectivity index (χ1n) is 13.7. The van der Waals surface area contributed by atoms with Crippen molar-refractivity contribution in [1.82, 2.24) is 40.0 Å². The molecule has 2 N–H and O–H groups in total. The number of nitrogens with zero attached hydrogens (tertiary/aromatic N) is 9. The molecule has 0 amide bonds. The van der Waals surface area contributed by atoms with E-state index >= 15 is 0 Å². The number of aromatic nitrogens is 7. The smallest absolute Gasteiger partial charge is 0.232 e. The second-order valence-electron chi connectivity index (χ2n) is 10.6. The van der Waals surface area contributed by atoms with Crippen LogP contribution in [0.2, 0.25) is 0 Å². The van der Waals surface area contributed by atoms with Gasteiger partial charge in [-0.15, -0.1) is 0 Å². The number of ether oxygens (including phenoxy) is 1. The number of benzene rings is 1. The van der Waals surface area contributed by atoms with E-state index in [1.54, 1.807) is 12.5 Å². The minimum absolute atomic E-state index is 0.119. The zero-order chi connectivity index (χ0) is 27.4. The van der Waals surface area contributed by atoms with Crippen LogP contribution in [0.25, 0.3) is 0 Å². The van der Waals surface area contributed by atoms with Gasteiger partial charge in [0.25, 0.3) is 0 Å². The Kier molecular flexibility index (Phi) is 7.51. The highest BCUT2D eigenvalue weighted by Crippen LogP contribution is 2.31. The van der Waals surface area contributed by atoms with Crippen LogP contribution in [0, 0.1) is 0 Å². The van der Waals surface area contributed by atoms with Gasteiger partial charge < -0.3 is 25.2 Å². The second-order valence-corrected chi connectivity index (χ2v) is 10.6. The Morgan fingerprint density at radius 3 is 2.40 bits per heavy atom. The summed E-state index contributed by atoms with van der Waals surface area (Å²) in [7, 11) is 0. The Morgan fingerprint density at radius 2 is 1.68 bits per heavy atom. The highest BCUT2D eigenvalue weighted by molar-refractivity contribution is 5.52. The third kappa shape index (κ3) is 5.87. The van der Waals surface area contributed by atoms with E-state index in [4.69, 9.17) is 14.7 Å². The lowest BCUT2D eigenvalue weighted by Gasteiger charge is -2.35. The largest absolute Gasteiger partial charge is 0.374 e. The molecule has 6 rings (SSSR count). The molecule has 1 aromatic carbocycles. The fourth-order valence-electron chi connectivity index (χ4n) is 5.04. The summed E-state index contributed by atoms with van der Waals surface area (Å²) in [5, 5.41) is 11.0. The van der Waals surface area contributed by atoms with Crippen LogP contribution < -0.4 is 20.4 Å². The van der Waals surface area contributed by atoms with Gasteiger partial charge in [-0.3, -0.25) is 4.68 Å². The van der Waals surface area contributed by atoms with E-state index in [0.717, 1.165) is 63.1 Å². The van der Waals surface area contributed by atoms with Gasteiger partial charge in [-0.05, 0) is 11.1 Å². The predicted molar refractivity (Wildman–Crippen MR) is 153 cm³/mol. The average molecular weight is 542 g/mol. The van der Waals surface area contributed by atoms with Crippen molar-refractivity contribution in [1.29, 1.82) is 0 Å². The van der Waals surface area contributed by atoms with Crippen LogP contribution in [0.4, 0.5) is 23.5 Å². The molecule has 1 unspecified atom stereocenters. The highest BCUT2D eigenvalue weighted by Gasteiger charge is 2.26. The standard InChI is InChI=1S/C28H35N11O/c1-28(2,21-6-4-3-5-7-21)22-14-30-26(31-15-22)37-9-11-38(12-10-37)27-33-20-32-25(36-27)35-23-16-34-39(18-23)19-24-17-29-8-13-40-24/h3-7,14-16,18,20,24,29H,8-13,17,19H2,1-2H3,(H,32,33,35,36). The van der Waals surface area contributed by atoms with E-state index in [1.165, 1.54) is 5.56 Å². The number of anilines is 4. The van der Waals surface area contributed by atoms with Gasteiger partial charge in [-0.25, -0.2) is 19.9 Å². The molecule has 40 heavy (non-hydrogen) atoms. The molecule has 0 spiro atoms. The summed E-state index contributed by atoms with van der Waals surface area (Å²) in [4.78, 5) is 27.2. The SMILES string of the molecule is CC(C)(c1ccccc1)c1cnc(N2CCN(c3ncnc(Nc4cnn(CC5CNCCO5)c4)n3)CC2)nc1. The Morgan fingerprint density at radius 1 is 0.925 bits per heavy atom. The average Bonchev–Trinajstić information content (AvgIpc) is 3.44. The maximum Gasteiger partial charge on any atom is 0.232 e. The molecule has 0 saturated carbocycles. The normalized spacial score (nSPS) is 18.1. The quantitative estimate of drug-likeness (QED) is 0.341. The molecular weight excluding hydrogens is 506 g/mol. The monoisotopic (exact) mass is 541 g/mol. The summed E-state index contributed by atoms with van der Waals surface area (Å²) >= 11 is 0. The van der Waals surface area contributed by atoms with Crippen molar-refractivity contribution in [3.63, 3.8) is 0 Å². The molecule has 2 aliphatic rings. The van der Waals surface area contributed by atoms with Crippen LogP contribution in [-0.4, -0.2) is 86.7 Å². The third-order valence-electron chi connectivity index (χ3n) is 7.54. The number of rotatable bonds is 8. The second kappa shape index (κ2) is 11.5. The minimum Gasteiger partial charge on any atom is -0.374 e. The molecule has 0 aliphatic carbocycles. The topological polar surface area (TPSA) is 122 Å². The van der Waals surface area contributed by atoms with Gasteiger partial charge in [0, 0.05) is 63.3 Å². The van der Waals surface area contributed by atoms with Gasteiger partial charge in [-0.2, -0.15) is 10.1 Å². The number of piperazine rings is 1. The van der Waals surface area contributed by atoms with Crippen LogP contribution in [-0.2, 0) is 16.7 Å². The van der Waals surface area contributed by atoms with Crippen molar-refractivity contribution in [2.24, 2.45) is 0 Å². The molecule has 2 fully saturated rings.